The minimum absolute atomic E-state index is 0.0310. The van der Waals surface area contributed by atoms with E-state index in [1.807, 2.05) is 27.7 Å². The maximum atomic E-state index is 11.9. The van der Waals surface area contributed by atoms with Gasteiger partial charge in [-0.1, -0.05) is 0 Å². The monoisotopic (exact) mass is 323 g/mol. The normalized spacial score (nSPS) is 21.0. The van der Waals surface area contributed by atoms with Crippen LogP contribution in [0, 0.1) is 0 Å². The molecule has 0 aliphatic carbocycles. The Labute approximate surface area is 138 Å². The molecular formula is C17H29N3O3. The van der Waals surface area contributed by atoms with Gasteiger partial charge in [0.1, 0.15) is 5.60 Å². The molecule has 1 aromatic rings. The molecule has 6 heteroatoms. The first-order chi connectivity index (χ1) is 10.7. The second-order valence-electron chi connectivity index (χ2n) is 7.19. The van der Waals surface area contributed by atoms with Crippen molar-refractivity contribution in [2.24, 2.45) is 7.05 Å². The van der Waals surface area contributed by atoms with Gasteiger partial charge in [-0.15, -0.1) is 0 Å². The van der Waals surface area contributed by atoms with Gasteiger partial charge in [-0.2, -0.15) is 0 Å². The summed E-state index contributed by atoms with van der Waals surface area (Å²) in [6.07, 6.45) is 1.63. The summed E-state index contributed by atoms with van der Waals surface area (Å²) in [6.45, 7) is 10.8. The van der Waals surface area contributed by atoms with Crippen LogP contribution in [0.1, 0.15) is 33.4 Å². The highest BCUT2D eigenvalue weighted by Gasteiger charge is 2.28. The number of rotatable bonds is 4. The molecule has 2 rings (SSSR count). The van der Waals surface area contributed by atoms with Gasteiger partial charge in [0.05, 0.1) is 18.8 Å². The number of carbonyl (C=O) groups excluding carboxylic acids is 1. The first-order valence-corrected chi connectivity index (χ1v) is 8.18. The van der Waals surface area contributed by atoms with E-state index in [1.54, 1.807) is 0 Å². The standard InChI is InChI=1S/C17H29N3O3/c1-13(18-16(21)23-17(2,3)4)15-12-20(9-10-22-15)11-14-7-6-8-19(14)5/h6-8,13,15H,9-12H2,1-5H3,(H,18,21)/t13-,15+/m1/s1. The number of ether oxygens (including phenoxy) is 2. The summed E-state index contributed by atoms with van der Waals surface area (Å²) in [6, 6.07) is 4.09. The molecule has 0 bridgehead atoms. The second kappa shape index (κ2) is 7.36. The lowest BCUT2D eigenvalue weighted by molar-refractivity contribution is -0.0478. The fourth-order valence-electron chi connectivity index (χ4n) is 2.65. The van der Waals surface area contributed by atoms with E-state index in [4.69, 9.17) is 9.47 Å². The summed E-state index contributed by atoms with van der Waals surface area (Å²) in [7, 11) is 2.06. The van der Waals surface area contributed by atoms with E-state index >= 15 is 0 Å². The Kier molecular flexibility index (Phi) is 5.70. The highest BCUT2D eigenvalue weighted by molar-refractivity contribution is 5.68. The van der Waals surface area contributed by atoms with Crippen LogP contribution in [0.2, 0.25) is 0 Å². The molecule has 1 saturated heterocycles. The maximum Gasteiger partial charge on any atom is 0.407 e. The average molecular weight is 323 g/mol. The minimum Gasteiger partial charge on any atom is -0.444 e. The van der Waals surface area contributed by atoms with Gasteiger partial charge in [-0.05, 0) is 39.8 Å². The lowest BCUT2D eigenvalue weighted by atomic mass is 10.1. The van der Waals surface area contributed by atoms with Gasteiger partial charge in [0.2, 0.25) is 0 Å². The SMILES string of the molecule is C[C@@H](NC(=O)OC(C)(C)C)[C@@H]1CN(Cc2cccn2C)CCO1. The van der Waals surface area contributed by atoms with Crippen molar-refractivity contribution >= 4 is 6.09 Å². The van der Waals surface area contributed by atoms with Gasteiger partial charge in [0.25, 0.3) is 0 Å². The molecule has 2 heterocycles. The van der Waals surface area contributed by atoms with Crippen LogP contribution in [0.25, 0.3) is 0 Å². The zero-order valence-electron chi connectivity index (χ0n) is 14.8. The lowest BCUT2D eigenvalue weighted by Gasteiger charge is -2.36. The molecule has 0 radical (unpaired) electrons. The summed E-state index contributed by atoms with van der Waals surface area (Å²) in [5, 5.41) is 2.88. The number of aryl methyl sites for hydroxylation is 1. The van der Waals surface area contributed by atoms with Crippen molar-refractivity contribution in [2.75, 3.05) is 19.7 Å². The molecule has 1 aliphatic rings. The molecule has 1 aliphatic heterocycles. The molecular weight excluding hydrogens is 294 g/mol. The summed E-state index contributed by atoms with van der Waals surface area (Å²) in [4.78, 5) is 14.2. The van der Waals surface area contributed by atoms with Crippen LogP contribution in [0.3, 0.4) is 0 Å². The number of nitrogens with one attached hydrogen (secondary N) is 1. The average Bonchev–Trinajstić information content (AvgIpc) is 2.82. The fourth-order valence-corrected chi connectivity index (χ4v) is 2.65. The molecule has 130 valence electrons. The molecule has 0 unspecified atom stereocenters. The Hall–Kier alpha value is -1.53. The highest BCUT2D eigenvalue weighted by Crippen LogP contribution is 2.14. The third-order valence-corrected chi connectivity index (χ3v) is 3.92. The molecule has 23 heavy (non-hydrogen) atoms. The predicted molar refractivity (Wildman–Crippen MR) is 89.3 cm³/mol. The van der Waals surface area contributed by atoms with Crippen LogP contribution in [-0.4, -0.2) is 53.0 Å². The summed E-state index contributed by atoms with van der Waals surface area (Å²) in [5.41, 5.74) is 0.786. The Balaban J connectivity index is 1.85. The van der Waals surface area contributed by atoms with E-state index in [0.717, 1.165) is 19.6 Å². The first-order valence-electron chi connectivity index (χ1n) is 8.18. The second-order valence-corrected chi connectivity index (χ2v) is 7.19. The number of alkyl carbamates (subject to hydrolysis) is 1. The van der Waals surface area contributed by atoms with Crippen molar-refractivity contribution < 1.29 is 14.3 Å². The molecule has 0 aromatic carbocycles. The van der Waals surface area contributed by atoms with Crippen LogP contribution in [-0.2, 0) is 23.1 Å². The van der Waals surface area contributed by atoms with E-state index < -0.39 is 11.7 Å². The van der Waals surface area contributed by atoms with Crippen LogP contribution in [0.15, 0.2) is 18.3 Å². The van der Waals surface area contributed by atoms with Crippen LogP contribution >= 0.6 is 0 Å². The maximum absolute atomic E-state index is 11.9. The number of aromatic nitrogens is 1. The fraction of sp³-hybridized carbons (Fsp3) is 0.706. The van der Waals surface area contributed by atoms with E-state index in [9.17, 15) is 4.79 Å². The van der Waals surface area contributed by atoms with E-state index in [1.165, 1.54) is 5.69 Å². The quantitative estimate of drug-likeness (QED) is 0.922. The largest absolute Gasteiger partial charge is 0.444 e. The van der Waals surface area contributed by atoms with Crippen LogP contribution in [0.4, 0.5) is 4.79 Å². The molecule has 0 spiro atoms. The number of carbonyl (C=O) groups is 1. The molecule has 6 nitrogen and oxygen atoms in total. The molecule has 1 N–H and O–H groups in total. The molecule has 1 fully saturated rings. The van der Waals surface area contributed by atoms with Gasteiger partial charge >= 0.3 is 6.09 Å². The van der Waals surface area contributed by atoms with Gasteiger partial charge in [-0.25, -0.2) is 4.79 Å². The van der Waals surface area contributed by atoms with Gasteiger partial charge in [0.15, 0.2) is 0 Å². The topological polar surface area (TPSA) is 55.7 Å². The number of nitrogens with zero attached hydrogens (tertiary/aromatic N) is 2. The summed E-state index contributed by atoms with van der Waals surface area (Å²) in [5.74, 6) is 0. The molecule has 1 aromatic heterocycles. The van der Waals surface area contributed by atoms with Crippen molar-refractivity contribution in [3.63, 3.8) is 0 Å². The predicted octanol–water partition coefficient (Wildman–Crippen LogP) is 2.14. The Morgan fingerprint density at radius 2 is 2.26 bits per heavy atom. The van der Waals surface area contributed by atoms with Crippen LogP contribution in [0.5, 0.6) is 0 Å². The van der Waals surface area contributed by atoms with E-state index in [0.29, 0.717) is 6.61 Å². The van der Waals surface area contributed by atoms with Crippen molar-refractivity contribution in [2.45, 2.75) is 52.0 Å². The summed E-state index contributed by atoms with van der Waals surface area (Å²) < 4.78 is 13.3. The Morgan fingerprint density at radius 3 is 2.87 bits per heavy atom. The number of hydrogen-bond donors (Lipinski definition) is 1. The third-order valence-electron chi connectivity index (χ3n) is 3.92. The van der Waals surface area contributed by atoms with Gasteiger partial charge in [0, 0.05) is 38.6 Å². The van der Waals surface area contributed by atoms with Crippen molar-refractivity contribution in [1.29, 1.82) is 0 Å². The van der Waals surface area contributed by atoms with Gasteiger partial charge < -0.3 is 19.4 Å². The Morgan fingerprint density at radius 1 is 1.52 bits per heavy atom. The Bertz CT molecular complexity index is 521. The first kappa shape index (κ1) is 17.8. The van der Waals surface area contributed by atoms with E-state index in [-0.39, 0.29) is 12.1 Å². The molecule has 0 saturated carbocycles. The van der Waals surface area contributed by atoms with Gasteiger partial charge in [-0.3, -0.25) is 4.90 Å². The lowest BCUT2D eigenvalue weighted by Crippen LogP contribution is -2.52. The minimum atomic E-state index is -0.490. The zero-order valence-corrected chi connectivity index (χ0v) is 14.8. The van der Waals surface area contributed by atoms with Crippen molar-refractivity contribution in [3.8, 4) is 0 Å². The van der Waals surface area contributed by atoms with E-state index in [2.05, 4.69) is 40.2 Å². The number of amides is 1. The zero-order chi connectivity index (χ0) is 17.0. The highest BCUT2D eigenvalue weighted by atomic mass is 16.6. The third kappa shape index (κ3) is 5.55. The number of hydrogen-bond acceptors (Lipinski definition) is 4. The number of morpholine rings is 1. The molecule has 1 amide bonds. The van der Waals surface area contributed by atoms with Crippen molar-refractivity contribution in [1.82, 2.24) is 14.8 Å². The van der Waals surface area contributed by atoms with Crippen molar-refractivity contribution in [3.05, 3.63) is 24.0 Å². The van der Waals surface area contributed by atoms with Crippen LogP contribution < -0.4 is 5.32 Å². The summed E-state index contributed by atoms with van der Waals surface area (Å²) >= 11 is 0. The molecule has 2 atom stereocenters. The smallest absolute Gasteiger partial charge is 0.407 e.